The van der Waals surface area contributed by atoms with Crippen LogP contribution in [0, 0.1) is 0 Å². The summed E-state index contributed by atoms with van der Waals surface area (Å²) in [6.45, 7) is 0.655. The molecule has 5 nitrogen and oxygen atoms in total. The number of aryl methyl sites for hydroxylation is 1. The summed E-state index contributed by atoms with van der Waals surface area (Å²) >= 11 is 0. The van der Waals surface area contributed by atoms with Gasteiger partial charge >= 0.3 is 0 Å². The lowest BCUT2D eigenvalue weighted by Crippen LogP contribution is -2.14. The van der Waals surface area contributed by atoms with E-state index in [1.165, 1.54) is 0 Å². The molecule has 1 aliphatic rings. The minimum absolute atomic E-state index is 0.189. The maximum Gasteiger partial charge on any atom is 0.166 e. The zero-order valence-electron chi connectivity index (χ0n) is 16.3. The molecule has 0 saturated heterocycles. The van der Waals surface area contributed by atoms with Gasteiger partial charge in [-0.2, -0.15) is 0 Å². The van der Waals surface area contributed by atoms with E-state index in [4.69, 9.17) is 14.5 Å². The van der Waals surface area contributed by atoms with Gasteiger partial charge in [0.1, 0.15) is 5.82 Å². The van der Waals surface area contributed by atoms with Gasteiger partial charge in [0.2, 0.25) is 0 Å². The normalized spacial score (nSPS) is 13.0. The molecule has 0 fully saturated rings. The third kappa shape index (κ3) is 2.78. The van der Waals surface area contributed by atoms with Crippen molar-refractivity contribution >= 4 is 16.8 Å². The number of rotatable bonds is 4. The van der Waals surface area contributed by atoms with Crippen LogP contribution in [0.4, 0.5) is 0 Å². The van der Waals surface area contributed by atoms with Crippen molar-refractivity contribution in [3.05, 3.63) is 66.2 Å². The Hall–Kier alpha value is -3.60. The van der Waals surface area contributed by atoms with Crippen molar-refractivity contribution in [2.45, 2.75) is 13.0 Å². The molecule has 5 rings (SSSR count). The van der Waals surface area contributed by atoms with Crippen LogP contribution >= 0.6 is 0 Å². The van der Waals surface area contributed by atoms with Gasteiger partial charge in [-0.15, -0.1) is 0 Å². The fraction of sp³-hybridized carbons (Fsp3) is 0.167. The first-order chi connectivity index (χ1) is 14.2. The second-order valence-electron chi connectivity index (χ2n) is 7.08. The van der Waals surface area contributed by atoms with Crippen LogP contribution < -0.4 is 9.47 Å². The lowest BCUT2D eigenvalue weighted by Gasteiger charge is -2.16. The molecule has 0 N–H and O–H groups in total. The Labute approximate surface area is 168 Å². The first-order valence-corrected chi connectivity index (χ1v) is 9.55. The van der Waals surface area contributed by atoms with E-state index in [1.54, 1.807) is 14.2 Å². The van der Waals surface area contributed by atoms with E-state index in [9.17, 15) is 4.79 Å². The minimum Gasteiger partial charge on any atom is -0.493 e. The summed E-state index contributed by atoms with van der Waals surface area (Å²) < 4.78 is 13.0. The fourth-order valence-electron chi connectivity index (χ4n) is 4.05. The maximum atomic E-state index is 12.3. The van der Waals surface area contributed by atoms with Gasteiger partial charge in [0.15, 0.2) is 17.3 Å². The number of ether oxygens (including phenoxy) is 2. The van der Waals surface area contributed by atoms with Gasteiger partial charge < -0.3 is 14.0 Å². The molecule has 5 heteroatoms. The third-order valence-electron chi connectivity index (χ3n) is 5.47. The fourth-order valence-corrected chi connectivity index (χ4v) is 4.05. The molecule has 144 valence electrons. The van der Waals surface area contributed by atoms with Crippen molar-refractivity contribution in [2.24, 2.45) is 0 Å². The van der Waals surface area contributed by atoms with Crippen LogP contribution in [0.1, 0.15) is 16.8 Å². The first-order valence-electron chi connectivity index (χ1n) is 9.55. The number of hydrogen-bond donors (Lipinski definition) is 0. The molecule has 0 atom stereocenters. The van der Waals surface area contributed by atoms with Crippen LogP contribution in [0.25, 0.3) is 33.5 Å². The van der Waals surface area contributed by atoms with Gasteiger partial charge in [-0.05, 0) is 41.5 Å². The van der Waals surface area contributed by atoms with Gasteiger partial charge in [0.05, 0.1) is 25.3 Å². The van der Waals surface area contributed by atoms with E-state index < -0.39 is 0 Å². The van der Waals surface area contributed by atoms with Crippen molar-refractivity contribution in [3.8, 4) is 34.0 Å². The molecular weight excluding hydrogens is 364 g/mol. The highest BCUT2D eigenvalue weighted by Gasteiger charge is 2.23. The van der Waals surface area contributed by atoms with E-state index in [1.807, 2.05) is 42.5 Å². The lowest BCUT2D eigenvalue weighted by molar-refractivity contribution is 0.0973. The molecular formula is C24H20N2O3. The number of methoxy groups -OCH3 is 2. The molecule has 4 aromatic rings. The van der Waals surface area contributed by atoms with E-state index in [2.05, 4.69) is 22.8 Å². The predicted octanol–water partition coefficient (Wildman–Crippen LogP) is 4.97. The molecule has 0 bridgehead atoms. The number of hydrogen-bond acceptors (Lipinski definition) is 4. The Balaban J connectivity index is 1.64. The highest BCUT2D eigenvalue weighted by molar-refractivity contribution is 6.08. The second kappa shape index (κ2) is 6.78. The van der Waals surface area contributed by atoms with E-state index in [0.717, 1.165) is 39.1 Å². The highest BCUT2D eigenvalue weighted by atomic mass is 16.5. The van der Waals surface area contributed by atoms with E-state index in [0.29, 0.717) is 24.5 Å². The SMILES string of the molecule is COc1ccc(-c2cccc(-c3nc4cccc5c4n3CCC5=O)c2)cc1OC. The highest BCUT2D eigenvalue weighted by Crippen LogP contribution is 2.35. The summed E-state index contributed by atoms with van der Waals surface area (Å²) in [5.41, 5.74) is 5.69. The summed E-state index contributed by atoms with van der Waals surface area (Å²) in [5, 5.41) is 0. The molecule has 0 aliphatic carbocycles. The van der Waals surface area contributed by atoms with E-state index in [-0.39, 0.29) is 5.78 Å². The number of benzene rings is 3. The number of carbonyl (C=O) groups excluding carboxylic acids is 1. The van der Waals surface area contributed by atoms with Crippen LogP contribution in [-0.4, -0.2) is 29.6 Å². The molecule has 3 aromatic carbocycles. The maximum absolute atomic E-state index is 12.3. The predicted molar refractivity (Wildman–Crippen MR) is 113 cm³/mol. The van der Waals surface area contributed by atoms with Crippen molar-refractivity contribution in [1.82, 2.24) is 9.55 Å². The number of Topliss-reactive ketones (excluding diaryl/α,β-unsaturated/α-hetero) is 1. The molecule has 0 radical (unpaired) electrons. The summed E-state index contributed by atoms with van der Waals surface area (Å²) in [6, 6.07) is 20.0. The number of aromatic nitrogens is 2. The van der Waals surface area contributed by atoms with Crippen molar-refractivity contribution in [2.75, 3.05) is 14.2 Å². The number of carbonyl (C=O) groups is 1. The van der Waals surface area contributed by atoms with E-state index >= 15 is 0 Å². The Morgan fingerprint density at radius 1 is 0.862 bits per heavy atom. The topological polar surface area (TPSA) is 53.4 Å². The molecule has 0 unspecified atom stereocenters. The van der Waals surface area contributed by atoms with Gasteiger partial charge in [0.25, 0.3) is 0 Å². The van der Waals surface area contributed by atoms with Crippen LogP contribution in [-0.2, 0) is 6.54 Å². The monoisotopic (exact) mass is 384 g/mol. The number of nitrogens with zero attached hydrogens (tertiary/aromatic N) is 2. The molecule has 1 aliphatic heterocycles. The number of para-hydroxylation sites is 1. The van der Waals surface area contributed by atoms with Crippen molar-refractivity contribution in [1.29, 1.82) is 0 Å². The number of imidazole rings is 1. The molecule has 0 spiro atoms. The van der Waals surface area contributed by atoms with Gasteiger partial charge in [-0.25, -0.2) is 4.98 Å². The summed E-state index contributed by atoms with van der Waals surface area (Å²) in [6.07, 6.45) is 0.505. The average Bonchev–Trinajstić information content (AvgIpc) is 3.16. The largest absolute Gasteiger partial charge is 0.493 e. The zero-order valence-corrected chi connectivity index (χ0v) is 16.3. The van der Waals surface area contributed by atoms with Gasteiger partial charge in [0, 0.05) is 24.1 Å². The molecule has 29 heavy (non-hydrogen) atoms. The average molecular weight is 384 g/mol. The van der Waals surface area contributed by atoms with Crippen LogP contribution in [0.2, 0.25) is 0 Å². The Bertz CT molecular complexity index is 1260. The quantitative estimate of drug-likeness (QED) is 0.498. The molecule has 2 heterocycles. The summed E-state index contributed by atoms with van der Waals surface area (Å²) in [4.78, 5) is 17.2. The van der Waals surface area contributed by atoms with Gasteiger partial charge in [-0.3, -0.25) is 4.79 Å². The minimum atomic E-state index is 0.189. The third-order valence-corrected chi connectivity index (χ3v) is 5.47. The molecule has 1 aromatic heterocycles. The summed E-state index contributed by atoms with van der Waals surface area (Å²) in [7, 11) is 3.27. The van der Waals surface area contributed by atoms with Crippen LogP contribution in [0.5, 0.6) is 11.5 Å². The van der Waals surface area contributed by atoms with Crippen LogP contribution in [0.3, 0.4) is 0 Å². The van der Waals surface area contributed by atoms with Gasteiger partial charge in [-0.1, -0.05) is 30.3 Å². The first kappa shape index (κ1) is 17.5. The van der Waals surface area contributed by atoms with Crippen molar-refractivity contribution < 1.29 is 14.3 Å². The lowest BCUT2D eigenvalue weighted by atomic mass is 10.0. The molecule has 0 amide bonds. The number of ketones is 1. The molecule has 0 saturated carbocycles. The summed E-state index contributed by atoms with van der Waals surface area (Å²) in [5.74, 6) is 2.48. The van der Waals surface area contributed by atoms with Crippen LogP contribution in [0.15, 0.2) is 60.7 Å². The standard InChI is InChI=1S/C24H20N2O3/c1-28-21-10-9-16(14-22(21)29-2)15-5-3-6-17(13-15)24-25-19-8-4-7-18-20(27)11-12-26(24)23(18)19/h3-10,13-14H,11-12H2,1-2H3. The van der Waals surface area contributed by atoms with Crippen molar-refractivity contribution in [3.63, 3.8) is 0 Å². The Kier molecular flexibility index (Phi) is 4.09. The second-order valence-corrected chi connectivity index (χ2v) is 7.08. The zero-order chi connectivity index (χ0) is 20.0. The Morgan fingerprint density at radius 3 is 2.45 bits per heavy atom. The smallest absolute Gasteiger partial charge is 0.166 e. The Morgan fingerprint density at radius 2 is 1.62 bits per heavy atom.